The van der Waals surface area contributed by atoms with Crippen LogP contribution >= 0.6 is 22.7 Å². The normalized spacial score (nSPS) is 11.3. The van der Waals surface area contributed by atoms with Crippen LogP contribution in [-0.2, 0) is 25.8 Å². The fourth-order valence-electron chi connectivity index (χ4n) is 2.73. The van der Waals surface area contributed by atoms with E-state index in [4.69, 9.17) is 10.7 Å². The highest BCUT2D eigenvalue weighted by molar-refractivity contribution is 7.19. The minimum absolute atomic E-state index is 0.683. The maximum Gasteiger partial charge on any atom is 0.112 e. The van der Waals surface area contributed by atoms with E-state index in [0.29, 0.717) is 6.54 Å². The molecule has 3 heterocycles. The lowest BCUT2D eigenvalue weighted by molar-refractivity contribution is 0.963. The molecule has 0 aliphatic rings. The number of hydrogen-bond donors (Lipinski definition) is 2. The van der Waals surface area contributed by atoms with Crippen molar-refractivity contribution < 1.29 is 0 Å². The van der Waals surface area contributed by atoms with Gasteiger partial charge in [-0.25, -0.2) is 4.98 Å². The van der Waals surface area contributed by atoms with Crippen LogP contribution in [0.4, 0.5) is 5.69 Å². The molecular weight excluding hydrogens is 324 g/mol. The van der Waals surface area contributed by atoms with E-state index < -0.39 is 0 Å². The van der Waals surface area contributed by atoms with E-state index in [9.17, 15) is 0 Å². The summed E-state index contributed by atoms with van der Waals surface area (Å²) in [4.78, 5) is 10.6. The second-order valence-electron chi connectivity index (χ2n) is 5.37. The lowest BCUT2D eigenvalue weighted by atomic mass is 10.1. The molecule has 3 N–H and O–H groups in total. The molecule has 0 spiro atoms. The number of nitrogens with two attached hydrogens (primary N) is 1. The molecule has 0 amide bonds. The molecule has 122 valence electrons. The number of nitrogens with one attached hydrogen (secondary N) is 1. The fraction of sp³-hybridized carbons (Fsp3) is 0.412. The van der Waals surface area contributed by atoms with Gasteiger partial charge < -0.3 is 11.1 Å². The van der Waals surface area contributed by atoms with Crippen molar-refractivity contribution in [3.05, 3.63) is 38.8 Å². The van der Waals surface area contributed by atoms with Gasteiger partial charge in [-0.05, 0) is 37.4 Å². The van der Waals surface area contributed by atoms with Crippen LogP contribution in [0, 0.1) is 0 Å². The topological polar surface area (TPSA) is 63.8 Å². The highest BCUT2D eigenvalue weighted by Crippen LogP contribution is 2.36. The van der Waals surface area contributed by atoms with Crippen LogP contribution in [-0.4, -0.2) is 16.5 Å². The summed E-state index contributed by atoms with van der Waals surface area (Å²) in [6.07, 6.45) is 4.72. The third kappa shape index (κ3) is 3.39. The number of aryl methyl sites for hydroxylation is 2. The largest absolute Gasteiger partial charge is 0.377 e. The summed E-state index contributed by atoms with van der Waals surface area (Å²) in [6.45, 7) is 5.79. The Labute approximate surface area is 144 Å². The maximum absolute atomic E-state index is 5.79. The third-order valence-electron chi connectivity index (χ3n) is 3.87. The molecule has 0 bridgehead atoms. The zero-order chi connectivity index (χ0) is 16.2. The van der Waals surface area contributed by atoms with Crippen LogP contribution in [0.3, 0.4) is 0 Å². The average molecular weight is 347 g/mol. The molecule has 0 unspecified atom stereocenters. The number of aromatic nitrogens is 2. The Morgan fingerprint density at radius 1 is 1.26 bits per heavy atom. The van der Waals surface area contributed by atoms with Crippen LogP contribution < -0.4 is 11.1 Å². The summed E-state index contributed by atoms with van der Waals surface area (Å²) in [6, 6.07) is 2.18. The maximum atomic E-state index is 5.79. The summed E-state index contributed by atoms with van der Waals surface area (Å²) in [5.74, 6) is 0. The summed E-state index contributed by atoms with van der Waals surface area (Å²) < 4.78 is 1.25. The van der Waals surface area contributed by atoms with Gasteiger partial charge in [-0.15, -0.1) is 22.7 Å². The van der Waals surface area contributed by atoms with Crippen LogP contribution in [0.5, 0.6) is 0 Å². The molecule has 0 fully saturated rings. The highest BCUT2D eigenvalue weighted by atomic mass is 32.1. The number of thiophene rings is 1. The quantitative estimate of drug-likeness (QED) is 0.679. The molecule has 23 heavy (non-hydrogen) atoms. The predicted molar refractivity (Wildman–Crippen MR) is 101 cm³/mol. The zero-order valence-corrected chi connectivity index (χ0v) is 15.2. The van der Waals surface area contributed by atoms with E-state index >= 15 is 0 Å². The Morgan fingerprint density at radius 2 is 2.13 bits per heavy atom. The van der Waals surface area contributed by atoms with E-state index in [2.05, 4.69) is 30.2 Å². The highest BCUT2D eigenvalue weighted by Gasteiger charge is 2.16. The summed E-state index contributed by atoms with van der Waals surface area (Å²) in [5, 5.41) is 6.67. The monoisotopic (exact) mass is 346 g/mol. The third-order valence-corrected chi connectivity index (χ3v) is 5.97. The summed E-state index contributed by atoms with van der Waals surface area (Å²) in [7, 11) is 0. The number of rotatable bonds is 7. The molecule has 0 aliphatic carbocycles. The fourth-order valence-corrected chi connectivity index (χ4v) is 4.63. The van der Waals surface area contributed by atoms with E-state index in [1.54, 1.807) is 11.3 Å². The lowest BCUT2D eigenvalue weighted by Gasteiger charge is -2.08. The lowest BCUT2D eigenvalue weighted by Crippen LogP contribution is -2.03. The second-order valence-corrected chi connectivity index (χ2v) is 7.45. The molecule has 0 atom stereocenters. The average Bonchev–Trinajstić information content (AvgIpc) is 3.19. The number of anilines is 1. The van der Waals surface area contributed by atoms with Crippen molar-refractivity contribution >= 4 is 38.6 Å². The van der Waals surface area contributed by atoms with Crippen molar-refractivity contribution in [3.63, 3.8) is 0 Å². The Kier molecular flexibility index (Phi) is 5.25. The van der Waals surface area contributed by atoms with Gasteiger partial charge in [0.25, 0.3) is 0 Å². The molecule has 3 aromatic rings. The molecule has 0 saturated carbocycles. The number of nitrogens with zero attached hydrogens (tertiary/aromatic N) is 2. The van der Waals surface area contributed by atoms with Gasteiger partial charge in [0.15, 0.2) is 0 Å². The Morgan fingerprint density at radius 3 is 2.78 bits per heavy atom. The van der Waals surface area contributed by atoms with Crippen molar-refractivity contribution in [1.82, 2.24) is 9.97 Å². The molecule has 0 aliphatic heterocycles. The first-order valence-electron chi connectivity index (χ1n) is 8.03. The number of fused-ring (bicyclic) bond motifs is 1. The van der Waals surface area contributed by atoms with Crippen LogP contribution in [0.1, 0.15) is 35.0 Å². The summed E-state index contributed by atoms with van der Waals surface area (Å²) in [5.41, 5.74) is 10.6. The van der Waals surface area contributed by atoms with Crippen molar-refractivity contribution in [2.75, 3.05) is 11.9 Å². The van der Waals surface area contributed by atoms with Gasteiger partial charge in [0.1, 0.15) is 5.01 Å². The minimum Gasteiger partial charge on any atom is -0.377 e. The van der Waals surface area contributed by atoms with Crippen LogP contribution in [0.2, 0.25) is 0 Å². The van der Waals surface area contributed by atoms with E-state index in [-0.39, 0.29) is 0 Å². The van der Waals surface area contributed by atoms with Gasteiger partial charge in [0, 0.05) is 22.1 Å². The van der Waals surface area contributed by atoms with Crippen molar-refractivity contribution in [2.24, 2.45) is 5.73 Å². The Balaban J connectivity index is 2.04. The molecule has 0 radical (unpaired) electrons. The predicted octanol–water partition coefficient (Wildman–Crippen LogP) is 3.99. The van der Waals surface area contributed by atoms with Crippen molar-refractivity contribution in [1.29, 1.82) is 0 Å². The van der Waals surface area contributed by atoms with Gasteiger partial charge in [0.2, 0.25) is 0 Å². The number of hydrogen-bond acceptors (Lipinski definition) is 6. The molecule has 3 aromatic heterocycles. The van der Waals surface area contributed by atoms with Crippen molar-refractivity contribution in [3.8, 4) is 0 Å². The molecular formula is C17H22N4S2. The first kappa shape index (κ1) is 16.4. The smallest absolute Gasteiger partial charge is 0.112 e. The van der Waals surface area contributed by atoms with Gasteiger partial charge in [0.05, 0.1) is 22.4 Å². The first-order chi connectivity index (χ1) is 11.3. The molecule has 0 saturated heterocycles. The van der Waals surface area contributed by atoms with Crippen LogP contribution in [0.25, 0.3) is 10.2 Å². The second kappa shape index (κ2) is 7.38. The van der Waals surface area contributed by atoms with Gasteiger partial charge in [-0.3, -0.25) is 4.98 Å². The summed E-state index contributed by atoms with van der Waals surface area (Å²) >= 11 is 3.51. The Bertz CT molecular complexity index is 778. The zero-order valence-electron chi connectivity index (χ0n) is 13.6. The van der Waals surface area contributed by atoms with Gasteiger partial charge in [-0.1, -0.05) is 13.8 Å². The van der Waals surface area contributed by atoms with Gasteiger partial charge >= 0.3 is 0 Å². The SMILES string of the molecule is CCc1cc(NCc2nccs2)c2sc(CCN)c(CC)c2n1. The number of thiazole rings is 1. The molecule has 4 nitrogen and oxygen atoms in total. The Hall–Kier alpha value is -1.50. The minimum atomic E-state index is 0.683. The van der Waals surface area contributed by atoms with Gasteiger partial charge in [-0.2, -0.15) is 0 Å². The molecule has 0 aromatic carbocycles. The van der Waals surface area contributed by atoms with E-state index in [0.717, 1.165) is 42.0 Å². The number of pyridine rings is 1. The molecule has 6 heteroatoms. The van der Waals surface area contributed by atoms with Crippen LogP contribution in [0.15, 0.2) is 17.6 Å². The van der Waals surface area contributed by atoms with E-state index in [1.807, 2.05) is 22.9 Å². The van der Waals surface area contributed by atoms with Crippen molar-refractivity contribution in [2.45, 2.75) is 39.7 Å². The first-order valence-corrected chi connectivity index (χ1v) is 9.72. The van der Waals surface area contributed by atoms with E-state index in [1.165, 1.54) is 20.8 Å². The standard InChI is InChI=1S/C17H22N4S2/c1-3-11-9-13(20-10-15-19-7-8-22-15)17-16(21-11)12(4-2)14(23-17)5-6-18/h7-9H,3-6,10,18H2,1-2H3,(H,20,21). The molecule has 3 rings (SSSR count).